The second-order valence-corrected chi connectivity index (χ2v) is 7.33. The van der Waals surface area contributed by atoms with E-state index in [1.165, 1.54) is 11.0 Å². The number of amides is 1. The van der Waals surface area contributed by atoms with Gasteiger partial charge in [0.05, 0.1) is 5.52 Å². The van der Waals surface area contributed by atoms with Crippen LogP contribution in [0.4, 0.5) is 32.4 Å². The highest BCUT2D eigenvalue weighted by Gasteiger charge is 2.36. The molecule has 0 saturated carbocycles. The summed E-state index contributed by atoms with van der Waals surface area (Å²) in [4.78, 5) is 14.2. The summed E-state index contributed by atoms with van der Waals surface area (Å²) in [6, 6.07) is 8.94. The van der Waals surface area contributed by atoms with E-state index >= 15 is 0 Å². The van der Waals surface area contributed by atoms with Gasteiger partial charge in [0.15, 0.2) is 11.6 Å². The quantitative estimate of drug-likeness (QED) is 0.598. The van der Waals surface area contributed by atoms with Crippen molar-refractivity contribution in [1.82, 2.24) is 9.47 Å². The maximum Gasteiger partial charge on any atom is 0.431 e. The highest BCUT2D eigenvalue weighted by molar-refractivity contribution is 5.94. The minimum absolute atomic E-state index is 0.197. The van der Waals surface area contributed by atoms with Crippen LogP contribution in [0, 0.1) is 11.6 Å². The highest BCUT2D eigenvalue weighted by atomic mass is 19.4. The molecule has 2 aromatic carbocycles. The lowest BCUT2D eigenvalue weighted by Gasteiger charge is -2.35. The number of alkyl halides is 3. The first-order chi connectivity index (χ1) is 14.6. The lowest BCUT2D eigenvalue weighted by molar-refractivity contribution is -0.143. The Morgan fingerprint density at radius 3 is 2.29 bits per heavy atom. The van der Waals surface area contributed by atoms with Crippen LogP contribution in [-0.2, 0) is 12.7 Å². The number of halogens is 5. The number of rotatable bonds is 3. The van der Waals surface area contributed by atoms with Crippen molar-refractivity contribution in [3.63, 3.8) is 0 Å². The van der Waals surface area contributed by atoms with E-state index in [0.717, 1.165) is 22.8 Å². The van der Waals surface area contributed by atoms with Crippen molar-refractivity contribution in [3.05, 3.63) is 65.4 Å². The second kappa shape index (κ2) is 7.75. The molecular weight excluding hydrogens is 421 g/mol. The topological polar surface area (TPSA) is 48.7 Å². The lowest BCUT2D eigenvalue weighted by atomic mass is 10.1. The van der Waals surface area contributed by atoms with Gasteiger partial charge < -0.3 is 19.5 Å². The molecule has 1 aliphatic rings. The minimum atomic E-state index is -4.66. The van der Waals surface area contributed by atoms with Crippen LogP contribution < -0.4 is 4.90 Å². The van der Waals surface area contributed by atoms with Gasteiger partial charge in [0.2, 0.25) is 0 Å². The van der Waals surface area contributed by atoms with Gasteiger partial charge in [-0.1, -0.05) is 12.1 Å². The molecule has 5 nitrogen and oxygen atoms in total. The molecule has 1 amide bonds. The Bertz CT molecular complexity index is 1130. The third kappa shape index (κ3) is 4.01. The molecule has 1 aliphatic heterocycles. The van der Waals surface area contributed by atoms with E-state index in [1.54, 1.807) is 18.2 Å². The summed E-state index contributed by atoms with van der Waals surface area (Å²) >= 11 is 0. The van der Waals surface area contributed by atoms with Crippen molar-refractivity contribution in [2.75, 3.05) is 31.1 Å². The van der Waals surface area contributed by atoms with Gasteiger partial charge in [0.25, 0.3) is 0 Å². The Labute approximate surface area is 173 Å². The van der Waals surface area contributed by atoms with Crippen LogP contribution in [0.15, 0.2) is 42.5 Å². The Balaban J connectivity index is 1.76. The number of piperazine rings is 1. The monoisotopic (exact) mass is 439 g/mol. The van der Waals surface area contributed by atoms with Crippen molar-refractivity contribution in [3.8, 4) is 0 Å². The Hall–Kier alpha value is -3.30. The van der Waals surface area contributed by atoms with E-state index < -0.39 is 29.6 Å². The summed E-state index contributed by atoms with van der Waals surface area (Å²) in [5, 5.41) is 9.46. The van der Waals surface area contributed by atoms with Gasteiger partial charge >= 0.3 is 12.3 Å². The summed E-state index contributed by atoms with van der Waals surface area (Å²) in [6.45, 7) is 0.898. The lowest BCUT2D eigenvalue weighted by Crippen LogP contribution is -2.48. The van der Waals surface area contributed by atoms with E-state index in [4.69, 9.17) is 5.11 Å². The summed E-state index contributed by atoms with van der Waals surface area (Å²) in [5.41, 5.74) is 0.165. The number of aromatic nitrogens is 1. The highest BCUT2D eigenvalue weighted by Crippen LogP contribution is 2.38. The second-order valence-electron chi connectivity index (χ2n) is 7.33. The van der Waals surface area contributed by atoms with Crippen molar-refractivity contribution in [2.45, 2.75) is 12.7 Å². The zero-order valence-electron chi connectivity index (χ0n) is 16.2. The fraction of sp³-hybridized carbons (Fsp3) is 0.286. The first-order valence-electron chi connectivity index (χ1n) is 9.51. The van der Waals surface area contributed by atoms with Crippen molar-refractivity contribution >= 4 is 22.7 Å². The zero-order chi connectivity index (χ0) is 22.3. The molecule has 0 atom stereocenters. The SMILES string of the molecule is O=C(O)N1CCN(c2cccc3c2cc(C(F)(F)F)n3Cc2ccc(F)c(F)c2)CC1. The molecule has 2 heterocycles. The first kappa shape index (κ1) is 21.0. The summed E-state index contributed by atoms with van der Waals surface area (Å²) in [7, 11) is 0. The fourth-order valence-corrected chi connectivity index (χ4v) is 3.91. The molecule has 1 aromatic heterocycles. The molecule has 164 valence electrons. The average Bonchev–Trinajstić information content (AvgIpc) is 3.10. The van der Waals surface area contributed by atoms with Crippen LogP contribution in [0.25, 0.3) is 10.9 Å². The molecule has 10 heteroatoms. The Morgan fingerprint density at radius 2 is 1.68 bits per heavy atom. The van der Waals surface area contributed by atoms with Gasteiger partial charge in [0.1, 0.15) is 5.69 Å². The number of fused-ring (bicyclic) bond motifs is 1. The number of carboxylic acid groups (broad SMARTS) is 1. The number of benzene rings is 2. The standard InChI is InChI=1S/C21H18F5N3O2/c22-15-5-4-13(10-16(15)23)12-29-18-3-1-2-17(14(18)11-19(29)21(24,25)26)27-6-8-28(9-7-27)20(30)31/h1-5,10-11H,6-9,12H2,(H,30,31). The number of hydrogen-bond acceptors (Lipinski definition) is 2. The Kier molecular flexibility index (Phi) is 5.24. The molecule has 1 fully saturated rings. The van der Waals surface area contributed by atoms with Crippen LogP contribution >= 0.6 is 0 Å². The van der Waals surface area contributed by atoms with Crippen LogP contribution in [0.1, 0.15) is 11.3 Å². The molecule has 1 saturated heterocycles. The van der Waals surface area contributed by atoms with Crippen LogP contribution in [0.2, 0.25) is 0 Å². The first-order valence-corrected chi connectivity index (χ1v) is 9.51. The number of hydrogen-bond donors (Lipinski definition) is 1. The number of anilines is 1. The van der Waals surface area contributed by atoms with Gasteiger partial charge in [-0.3, -0.25) is 0 Å². The normalized spacial score (nSPS) is 15.0. The van der Waals surface area contributed by atoms with Crippen molar-refractivity contribution in [1.29, 1.82) is 0 Å². The molecule has 4 rings (SSSR count). The average molecular weight is 439 g/mol. The number of carbonyl (C=O) groups is 1. The van der Waals surface area contributed by atoms with E-state index in [-0.39, 0.29) is 25.2 Å². The minimum Gasteiger partial charge on any atom is -0.465 e. The van der Waals surface area contributed by atoms with Gasteiger partial charge in [-0.2, -0.15) is 13.2 Å². The van der Waals surface area contributed by atoms with Crippen LogP contribution in [0.5, 0.6) is 0 Å². The van der Waals surface area contributed by atoms with Gasteiger partial charge in [0, 0.05) is 43.8 Å². The van der Waals surface area contributed by atoms with Crippen LogP contribution in [0.3, 0.4) is 0 Å². The molecule has 3 aromatic rings. The molecule has 0 spiro atoms. The van der Waals surface area contributed by atoms with E-state index in [1.807, 2.05) is 4.90 Å². The predicted octanol–water partition coefficient (Wildman–Crippen LogP) is 4.79. The van der Waals surface area contributed by atoms with Crippen molar-refractivity contribution in [2.24, 2.45) is 0 Å². The fourth-order valence-electron chi connectivity index (χ4n) is 3.91. The van der Waals surface area contributed by atoms with E-state index in [0.29, 0.717) is 29.7 Å². The molecule has 1 N–H and O–H groups in total. The maximum absolute atomic E-state index is 13.8. The van der Waals surface area contributed by atoms with Crippen molar-refractivity contribution < 1.29 is 31.9 Å². The number of nitrogens with zero attached hydrogens (tertiary/aromatic N) is 3. The van der Waals surface area contributed by atoms with Gasteiger partial charge in [-0.25, -0.2) is 13.6 Å². The third-order valence-electron chi connectivity index (χ3n) is 5.43. The van der Waals surface area contributed by atoms with Gasteiger partial charge in [-0.15, -0.1) is 0 Å². The summed E-state index contributed by atoms with van der Waals surface area (Å²) in [5.74, 6) is -2.19. The summed E-state index contributed by atoms with van der Waals surface area (Å²) < 4.78 is 69.3. The zero-order valence-corrected chi connectivity index (χ0v) is 16.2. The molecule has 0 aliphatic carbocycles. The summed E-state index contributed by atoms with van der Waals surface area (Å²) in [6.07, 6.45) is -5.69. The van der Waals surface area contributed by atoms with Gasteiger partial charge in [-0.05, 0) is 35.9 Å². The molecule has 0 radical (unpaired) electrons. The van der Waals surface area contributed by atoms with E-state index in [9.17, 15) is 26.7 Å². The Morgan fingerprint density at radius 1 is 0.968 bits per heavy atom. The maximum atomic E-state index is 13.8. The molecule has 31 heavy (non-hydrogen) atoms. The van der Waals surface area contributed by atoms with E-state index in [2.05, 4.69) is 0 Å². The molecule has 0 unspecified atom stereocenters. The molecule has 0 bridgehead atoms. The third-order valence-corrected chi connectivity index (χ3v) is 5.43. The largest absolute Gasteiger partial charge is 0.465 e. The molecular formula is C21H18F5N3O2. The van der Waals surface area contributed by atoms with Crippen LogP contribution in [-0.4, -0.2) is 46.8 Å². The predicted molar refractivity (Wildman–Crippen MR) is 104 cm³/mol. The smallest absolute Gasteiger partial charge is 0.431 e.